The fraction of sp³-hybridized carbons (Fsp3) is 0.625. The van der Waals surface area contributed by atoms with E-state index in [4.69, 9.17) is 4.74 Å². The second-order valence-corrected chi connectivity index (χ2v) is 7.17. The topological polar surface area (TPSA) is 41.5 Å². The van der Waals surface area contributed by atoms with E-state index in [0.717, 1.165) is 11.3 Å². The summed E-state index contributed by atoms with van der Waals surface area (Å²) in [5.74, 6) is 0.789. The molecule has 0 spiro atoms. The molecule has 0 saturated carbocycles. The summed E-state index contributed by atoms with van der Waals surface area (Å²) >= 11 is 0. The number of ether oxygens (including phenoxy) is 1. The molecule has 1 unspecified atom stereocenters. The maximum atomic E-state index is 11.1. The quantitative estimate of drug-likeness (QED) is 0.862. The van der Waals surface area contributed by atoms with Crippen LogP contribution in [0.4, 0.5) is 0 Å². The molecule has 19 heavy (non-hydrogen) atoms. The van der Waals surface area contributed by atoms with E-state index in [0.29, 0.717) is 13.0 Å². The van der Waals surface area contributed by atoms with Gasteiger partial charge in [-0.15, -0.1) is 0 Å². The van der Waals surface area contributed by atoms with Crippen LogP contribution >= 0.6 is 0 Å². The standard InChI is InChI=1S/C16H25NO2/c1-14(2,3)17-11-16(18)10-15(4,5)19-13-9-7-6-8-12(13)16/h6-9,17-18H,10-11H2,1-5H3. The number of β-amino-alcohol motifs (C(OH)–C–C–N with tert-alkyl or cyclic N) is 1. The summed E-state index contributed by atoms with van der Waals surface area (Å²) in [6.45, 7) is 10.9. The summed E-state index contributed by atoms with van der Waals surface area (Å²) in [7, 11) is 0. The van der Waals surface area contributed by atoms with Gasteiger partial charge in [0.1, 0.15) is 17.0 Å². The van der Waals surface area contributed by atoms with E-state index in [9.17, 15) is 5.11 Å². The average Bonchev–Trinajstić information content (AvgIpc) is 2.24. The van der Waals surface area contributed by atoms with Crippen molar-refractivity contribution in [1.82, 2.24) is 5.32 Å². The van der Waals surface area contributed by atoms with E-state index < -0.39 is 5.60 Å². The monoisotopic (exact) mass is 263 g/mol. The molecule has 1 aliphatic rings. The van der Waals surface area contributed by atoms with Gasteiger partial charge in [0, 0.05) is 24.1 Å². The highest BCUT2D eigenvalue weighted by atomic mass is 16.5. The van der Waals surface area contributed by atoms with Gasteiger partial charge in [-0.25, -0.2) is 0 Å². The Kier molecular flexibility index (Phi) is 3.40. The van der Waals surface area contributed by atoms with Gasteiger partial charge in [0.2, 0.25) is 0 Å². The van der Waals surface area contributed by atoms with Crippen LogP contribution in [0.3, 0.4) is 0 Å². The van der Waals surface area contributed by atoms with Crippen molar-refractivity contribution in [2.75, 3.05) is 6.54 Å². The molecule has 1 atom stereocenters. The van der Waals surface area contributed by atoms with Crippen molar-refractivity contribution in [2.24, 2.45) is 0 Å². The molecule has 0 saturated heterocycles. The molecule has 0 bridgehead atoms. The van der Waals surface area contributed by atoms with Crippen LogP contribution in [0.15, 0.2) is 24.3 Å². The second kappa shape index (κ2) is 4.50. The lowest BCUT2D eigenvalue weighted by atomic mass is 9.80. The number of nitrogens with one attached hydrogen (secondary N) is 1. The van der Waals surface area contributed by atoms with Gasteiger partial charge in [-0.1, -0.05) is 18.2 Å². The Bertz CT molecular complexity index is 462. The van der Waals surface area contributed by atoms with Gasteiger partial charge in [-0.2, -0.15) is 0 Å². The van der Waals surface area contributed by atoms with Crippen LogP contribution in [-0.2, 0) is 5.60 Å². The number of para-hydroxylation sites is 1. The van der Waals surface area contributed by atoms with E-state index in [2.05, 4.69) is 26.1 Å². The van der Waals surface area contributed by atoms with Gasteiger partial charge in [0.15, 0.2) is 0 Å². The molecule has 3 nitrogen and oxygen atoms in total. The van der Waals surface area contributed by atoms with Gasteiger partial charge in [0.25, 0.3) is 0 Å². The first-order valence-corrected chi connectivity index (χ1v) is 6.87. The van der Waals surface area contributed by atoms with Crippen LogP contribution in [-0.4, -0.2) is 22.8 Å². The van der Waals surface area contributed by atoms with Gasteiger partial charge in [-0.3, -0.25) is 0 Å². The van der Waals surface area contributed by atoms with E-state index >= 15 is 0 Å². The molecule has 2 N–H and O–H groups in total. The van der Waals surface area contributed by atoms with Crippen LogP contribution in [0.2, 0.25) is 0 Å². The zero-order valence-electron chi connectivity index (χ0n) is 12.6. The minimum atomic E-state index is -0.883. The zero-order valence-corrected chi connectivity index (χ0v) is 12.6. The molecule has 0 amide bonds. The third kappa shape index (κ3) is 3.28. The Labute approximate surface area is 116 Å². The van der Waals surface area contributed by atoms with Crippen molar-refractivity contribution in [1.29, 1.82) is 0 Å². The minimum Gasteiger partial charge on any atom is -0.487 e. The highest BCUT2D eigenvalue weighted by Crippen LogP contribution is 2.43. The molecule has 0 fully saturated rings. The van der Waals surface area contributed by atoms with Crippen molar-refractivity contribution >= 4 is 0 Å². The fourth-order valence-corrected chi connectivity index (χ4v) is 2.64. The first kappa shape index (κ1) is 14.4. The van der Waals surface area contributed by atoms with Crippen LogP contribution in [0.1, 0.15) is 46.6 Å². The third-order valence-electron chi connectivity index (χ3n) is 3.40. The van der Waals surface area contributed by atoms with Crippen LogP contribution in [0, 0.1) is 0 Å². The molecule has 106 valence electrons. The zero-order chi connectivity index (χ0) is 14.3. The Balaban J connectivity index is 2.33. The van der Waals surface area contributed by atoms with E-state index in [1.54, 1.807) is 0 Å². The van der Waals surface area contributed by atoms with Gasteiger partial charge in [-0.05, 0) is 40.7 Å². The van der Waals surface area contributed by atoms with Gasteiger partial charge >= 0.3 is 0 Å². The molecule has 0 aromatic heterocycles. The lowest BCUT2D eigenvalue weighted by molar-refractivity contribution is -0.0651. The summed E-state index contributed by atoms with van der Waals surface area (Å²) in [5, 5.41) is 14.5. The van der Waals surface area contributed by atoms with Crippen LogP contribution < -0.4 is 10.1 Å². The summed E-state index contributed by atoms with van der Waals surface area (Å²) in [6.07, 6.45) is 0.583. The van der Waals surface area contributed by atoms with Gasteiger partial charge in [0.05, 0.1) is 0 Å². The highest BCUT2D eigenvalue weighted by Gasteiger charge is 2.44. The summed E-state index contributed by atoms with van der Waals surface area (Å²) in [6, 6.07) is 7.77. The summed E-state index contributed by atoms with van der Waals surface area (Å²) in [5.41, 5.74) is -0.382. The Morgan fingerprint density at radius 2 is 1.89 bits per heavy atom. The number of rotatable bonds is 2. The van der Waals surface area contributed by atoms with Crippen molar-refractivity contribution in [3.05, 3.63) is 29.8 Å². The highest BCUT2D eigenvalue weighted by molar-refractivity contribution is 5.41. The first-order chi connectivity index (χ1) is 8.61. The largest absolute Gasteiger partial charge is 0.487 e. The molecule has 1 aromatic carbocycles. The molecule has 1 heterocycles. The molecular formula is C16H25NO2. The Morgan fingerprint density at radius 1 is 1.26 bits per heavy atom. The third-order valence-corrected chi connectivity index (χ3v) is 3.40. The molecule has 0 aliphatic carbocycles. The number of hydrogen-bond acceptors (Lipinski definition) is 3. The van der Waals surface area contributed by atoms with Crippen molar-refractivity contribution < 1.29 is 9.84 Å². The molecule has 1 aliphatic heterocycles. The Hall–Kier alpha value is -1.06. The number of fused-ring (bicyclic) bond motifs is 1. The lowest BCUT2D eigenvalue weighted by Gasteiger charge is -2.44. The smallest absolute Gasteiger partial charge is 0.126 e. The predicted molar refractivity (Wildman–Crippen MR) is 77.4 cm³/mol. The molecule has 3 heteroatoms. The van der Waals surface area contributed by atoms with Crippen molar-refractivity contribution in [3.63, 3.8) is 0 Å². The molecule has 2 rings (SSSR count). The maximum absolute atomic E-state index is 11.1. The minimum absolute atomic E-state index is 0.0207. The van der Waals surface area contributed by atoms with Crippen LogP contribution in [0.5, 0.6) is 5.75 Å². The van der Waals surface area contributed by atoms with Crippen molar-refractivity contribution in [3.8, 4) is 5.75 Å². The number of hydrogen-bond donors (Lipinski definition) is 2. The van der Waals surface area contributed by atoms with Crippen LogP contribution in [0.25, 0.3) is 0 Å². The predicted octanol–water partition coefficient (Wildman–Crippen LogP) is 2.82. The van der Waals surface area contributed by atoms with Crippen molar-refractivity contribution in [2.45, 2.75) is 57.8 Å². The fourth-order valence-electron chi connectivity index (χ4n) is 2.64. The summed E-state index contributed by atoms with van der Waals surface area (Å²) in [4.78, 5) is 0. The van der Waals surface area contributed by atoms with E-state index in [1.807, 2.05) is 38.1 Å². The maximum Gasteiger partial charge on any atom is 0.126 e. The van der Waals surface area contributed by atoms with E-state index in [-0.39, 0.29) is 11.1 Å². The average molecular weight is 263 g/mol. The molecular weight excluding hydrogens is 238 g/mol. The SMILES string of the molecule is CC(C)(C)NCC1(O)CC(C)(C)Oc2ccccc21. The number of benzene rings is 1. The Morgan fingerprint density at radius 3 is 2.53 bits per heavy atom. The summed E-state index contributed by atoms with van der Waals surface area (Å²) < 4.78 is 5.96. The molecule has 1 aromatic rings. The van der Waals surface area contributed by atoms with E-state index in [1.165, 1.54) is 0 Å². The lowest BCUT2D eigenvalue weighted by Crippen LogP contribution is -2.52. The second-order valence-electron chi connectivity index (χ2n) is 7.17. The first-order valence-electron chi connectivity index (χ1n) is 6.87. The number of aliphatic hydroxyl groups is 1. The normalized spacial score (nSPS) is 25.6. The molecule has 0 radical (unpaired) electrons. The van der Waals surface area contributed by atoms with Gasteiger partial charge < -0.3 is 15.2 Å².